The molecule has 1 N–H and O–H groups in total. The van der Waals surface area contributed by atoms with Gasteiger partial charge in [-0.1, -0.05) is 12.1 Å². The Hall–Kier alpha value is -2.44. The number of anilines is 1. The van der Waals surface area contributed by atoms with Crippen LogP contribution in [0.5, 0.6) is 0 Å². The minimum Gasteiger partial charge on any atom is -0.355 e. The summed E-state index contributed by atoms with van der Waals surface area (Å²) in [6, 6.07) is 4.24. The van der Waals surface area contributed by atoms with Crippen molar-refractivity contribution in [3.63, 3.8) is 0 Å². The Labute approximate surface area is 146 Å². The lowest BCUT2D eigenvalue weighted by molar-refractivity contribution is -0.125. The Balaban J connectivity index is 1.55. The molecule has 1 atom stereocenters. The van der Waals surface area contributed by atoms with Crippen LogP contribution in [0.15, 0.2) is 22.9 Å². The summed E-state index contributed by atoms with van der Waals surface area (Å²) in [5.41, 5.74) is 0.856. The molecule has 7 heteroatoms. The quantitative estimate of drug-likeness (QED) is 0.897. The van der Waals surface area contributed by atoms with Crippen LogP contribution in [-0.4, -0.2) is 40.2 Å². The van der Waals surface area contributed by atoms with Crippen LogP contribution in [0.4, 0.5) is 5.82 Å². The summed E-state index contributed by atoms with van der Waals surface area (Å²) in [5.74, 6) is 2.20. The van der Waals surface area contributed by atoms with Crippen molar-refractivity contribution in [1.29, 1.82) is 0 Å². The van der Waals surface area contributed by atoms with Crippen LogP contribution in [-0.2, 0) is 11.2 Å². The largest absolute Gasteiger partial charge is 0.355 e. The molecular weight excluding hydrogens is 318 g/mol. The number of hydrogen-bond acceptors (Lipinski definition) is 6. The molecule has 2 aromatic rings. The Morgan fingerprint density at radius 1 is 1.40 bits per heavy atom. The number of nitrogens with one attached hydrogen (secondary N) is 1. The van der Waals surface area contributed by atoms with E-state index in [-0.39, 0.29) is 11.8 Å². The topological polar surface area (TPSA) is 84.2 Å². The van der Waals surface area contributed by atoms with Crippen molar-refractivity contribution in [3.05, 3.63) is 24.2 Å². The summed E-state index contributed by atoms with van der Waals surface area (Å²) in [7, 11) is 0. The second kappa shape index (κ2) is 6.82. The van der Waals surface area contributed by atoms with Crippen molar-refractivity contribution in [2.45, 2.75) is 45.1 Å². The van der Waals surface area contributed by atoms with Gasteiger partial charge < -0.3 is 14.7 Å². The molecule has 25 heavy (non-hydrogen) atoms. The summed E-state index contributed by atoms with van der Waals surface area (Å²) in [5, 5.41) is 7.21. The lowest BCUT2D eigenvalue weighted by atomic mass is 9.96. The number of carbonyl (C=O) groups is 1. The van der Waals surface area contributed by atoms with Crippen molar-refractivity contribution < 1.29 is 9.32 Å². The van der Waals surface area contributed by atoms with Crippen molar-refractivity contribution in [2.75, 3.05) is 18.0 Å². The van der Waals surface area contributed by atoms with Crippen LogP contribution in [0.2, 0.25) is 0 Å². The van der Waals surface area contributed by atoms with Gasteiger partial charge in [0.05, 0.1) is 11.5 Å². The maximum atomic E-state index is 12.4. The van der Waals surface area contributed by atoms with Crippen LogP contribution in [0.1, 0.15) is 38.5 Å². The van der Waals surface area contributed by atoms with Gasteiger partial charge in [-0.2, -0.15) is 4.98 Å². The van der Waals surface area contributed by atoms with Gasteiger partial charge in [-0.15, -0.1) is 0 Å². The minimum atomic E-state index is 0.0145. The second-order valence-electron chi connectivity index (χ2n) is 6.81. The predicted octanol–water partition coefficient (Wildman–Crippen LogP) is 2.19. The number of aryl methyl sites for hydroxylation is 1. The maximum absolute atomic E-state index is 12.4. The first-order chi connectivity index (χ1) is 12.2. The van der Waals surface area contributed by atoms with E-state index >= 15 is 0 Å². The van der Waals surface area contributed by atoms with Crippen LogP contribution < -0.4 is 10.2 Å². The highest BCUT2D eigenvalue weighted by molar-refractivity contribution is 5.80. The Morgan fingerprint density at radius 3 is 3.04 bits per heavy atom. The van der Waals surface area contributed by atoms with Gasteiger partial charge in [0.15, 0.2) is 0 Å². The molecule has 0 bridgehead atoms. The number of piperidine rings is 1. The smallest absolute Gasteiger partial charge is 0.226 e. The van der Waals surface area contributed by atoms with Gasteiger partial charge in [0.25, 0.3) is 0 Å². The van der Waals surface area contributed by atoms with E-state index in [4.69, 9.17) is 4.52 Å². The number of carbonyl (C=O) groups excluding carboxylic acids is 1. The number of nitrogens with zero attached hydrogens (tertiary/aromatic N) is 4. The number of pyridine rings is 1. The lowest BCUT2D eigenvalue weighted by Gasteiger charge is -2.33. The van der Waals surface area contributed by atoms with Gasteiger partial charge in [-0.05, 0) is 37.8 Å². The number of rotatable bonds is 5. The molecule has 2 aliphatic rings. The fourth-order valence-electron chi connectivity index (χ4n) is 3.26. The highest BCUT2D eigenvalue weighted by atomic mass is 16.5. The van der Waals surface area contributed by atoms with E-state index in [0.717, 1.165) is 43.6 Å². The van der Waals surface area contributed by atoms with E-state index in [1.807, 2.05) is 19.1 Å². The fourth-order valence-corrected chi connectivity index (χ4v) is 3.26. The predicted molar refractivity (Wildman–Crippen MR) is 93.0 cm³/mol. The third kappa shape index (κ3) is 3.50. The Morgan fingerprint density at radius 2 is 2.28 bits per heavy atom. The maximum Gasteiger partial charge on any atom is 0.226 e. The first-order valence-corrected chi connectivity index (χ1v) is 9.08. The summed E-state index contributed by atoms with van der Waals surface area (Å²) >= 11 is 0. The SMILES string of the molecule is CCc1nc(-c2cccnc2N2CCCC(C(=O)NC3CC3)C2)no1. The second-order valence-corrected chi connectivity index (χ2v) is 6.81. The van der Waals surface area contributed by atoms with Gasteiger partial charge in [-0.25, -0.2) is 4.98 Å². The molecule has 2 fully saturated rings. The highest BCUT2D eigenvalue weighted by Crippen LogP contribution is 2.30. The molecule has 0 aromatic carbocycles. The average Bonchev–Trinajstić information content (AvgIpc) is 3.34. The lowest BCUT2D eigenvalue weighted by Crippen LogP contribution is -2.44. The zero-order valence-electron chi connectivity index (χ0n) is 14.4. The standard InChI is InChI=1S/C18H23N5O2/c1-2-15-21-16(22-25-15)14-6-3-9-19-17(14)23-10-4-5-12(11-23)18(24)20-13-7-8-13/h3,6,9,12-13H,2,4-5,7-8,10-11H2,1H3,(H,20,24). The van der Waals surface area contributed by atoms with Crippen molar-refractivity contribution in [1.82, 2.24) is 20.4 Å². The molecule has 0 radical (unpaired) electrons. The molecule has 132 valence electrons. The van der Waals surface area contributed by atoms with Crippen molar-refractivity contribution in [3.8, 4) is 11.4 Å². The van der Waals surface area contributed by atoms with E-state index in [2.05, 4.69) is 25.3 Å². The van der Waals surface area contributed by atoms with Crippen molar-refractivity contribution >= 4 is 11.7 Å². The van der Waals surface area contributed by atoms with Gasteiger partial charge in [-0.3, -0.25) is 4.79 Å². The van der Waals surface area contributed by atoms with E-state index in [9.17, 15) is 4.79 Å². The fraction of sp³-hybridized carbons (Fsp3) is 0.556. The van der Waals surface area contributed by atoms with Crippen LogP contribution in [0.25, 0.3) is 11.4 Å². The van der Waals surface area contributed by atoms with E-state index in [1.165, 1.54) is 0 Å². The summed E-state index contributed by atoms with van der Waals surface area (Å²) in [6.07, 6.45) is 6.61. The highest BCUT2D eigenvalue weighted by Gasteiger charge is 2.31. The van der Waals surface area contributed by atoms with Gasteiger partial charge in [0.1, 0.15) is 5.82 Å². The molecule has 1 amide bonds. The molecule has 2 aromatic heterocycles. The Kier molecular flexibility index (Phi) is 4.38. The van der Waals surface area contributed by atoms with Crippen LogP contribution in [0.3, 0.4) is 0 Å². The molecule has 4 rings (SSSR count). The molecule has 1 unspecified atom stereocenters. The van der Waals surface area contributed by atoms with Crippen LogP contribution >= 0.6 is 0 Å². The summed E-state index contributed by atoms with van der Waals surface area (Å²) in [6.45, 7) is 3.55. The summed E-state index contributed by atoms with van der Waals surface area (Å²) in [4.78, 5) is 23.6. The van der Waals surface area contributed by atoms with E-state index in [0.29, 0.717) is 30.7 Å². The molecule has 0 spiro atoms. The third-order valence-electron chi connectivity index (χ3n) is 4.81. The molecule has 1 saturated carbocycles. The monoisotopic (exact) mass is 341 g/mol. The average molecular weight is 341 g/mol. The Bertz CT molecular complexity index is 755. The van der Waals surface area contributed by atoms with Gasteiger partial charge >= 0.3 is 0 Å². The zero-order valence-corrected chi connectivity index (χ0v) is 14.4. The van der Waals surface area contributed by atoms with Crippen molar-refractivity contribution in [2.24, 2.45) is 5.92 Å². The number of amides is 1. The molecule has 1 saturated heterocycles. The number of hydrogen-bond donors (Lipinski definition) is 1. The van der Waals surface area contributed by atoms with E-state index < -0.39 is 0 Å². The van der Waals surface area contributed by atoms with Crippen LogP contribution in [0, 0.1) is 5.92 Å². The first kappa shape index (κ1) is 16.1. The first-order valence-electron chi connectivity index (χ1n) is 9.08. The normalized spacial score (nSPS) is 20.5. The van der Waals surface area contributed by atoms with Gasteiger partial charge in [0.2, 0.25) is 17.6 Å². The third-order valence-corrected chi connectivity index (χ3v) is 4.81. The van der Waals surface area contributed by atoms with Gasteiger partial charge in [0, 0.05) is 31.7 Å². The minimum absolute atomic E-state index is 0.0145. The molecular formula is C18H23N5O2. The zero-order chi connectivity index (χ0) is 17.2. The summed E-state index contributed by atoms with van der Waals surface area (Å²) < 4.78 is 5.25. The molecule has 3 heterocycles. The molecule has 1 aliphatic carbocycles. The molecule has 7 nitrogen and oxygen atoms in total. The van der Waals surface area contributed by atoms with E-state index in [1.54, 1.807) is 6.20 Å². The number of aromatic nitrogens is 3. The molecule has 1 aliphatic heterocycles.